The monoisotopic (exact) mass is 326 g/mol. The molecule has 3 aliphatic rings. The minimum absolute atomic E-state index is 0.0889. The molecule has 3 atom stereocenters. The lowest BCUT2D eigenvalue weighted by atomic mass is 9.93. The van der Waals surface area contributed by atoms with Crippen molar-refractivity contribution in [3.8, 4) is 0 Å². The molecule has 2 aliphatic carbocycles. The molecule has 1 heterocycles. The molecule has 3 nitrogen and oxygen atoms in total. The summed E-state index contributed by atoms with van der Waals surface area (Å²) in [5.74, 6) is 2.54. The van der Waals surface area contributed by atoms with Gasteiger partial charge in [0.25, 0.3) is 0 Å². The number of likely N-dealkylation sites (tertiary alicyclic amines) is 1. The number of allylic oxidation sites excluding steroid dienone is 2. The Hall–Kier alpha value is -1.16. The van der Waals surface area contributed by atoms with Gasteiger partial charge in [0.1, 0.15) is 0 Å². The van der Waals surface area contributed by atoms with Gasteiger partial charge in [-0.15, -0.1) is 0 Å². The van der Waals surface area contributed by atoms with E-state index >= 15 is 0 Å². The second kappa shape index (κ2) is 7.38. The van der Waals surface area contributed by atoms with Crippen LogP contribution in [0.4, 0.5) is 0 Å². The predicted octanol–water partition coefficient (Wildman–Crippen LogP) is 2.95. The lowest BCUT2D eigenvalue weighted by Crippen LogP contribution is -2.35. The van der Waals surface area contributed by atoms with Crippen LogP contribution < -0.4 is 5.32 Å². The van der Waals surface area contributed by atoms with Crippen LogP contribution in [0, 0.1) is 17.8 Å². The third kappa shape index (κ3) is 3.74. The summed E-state index contributed by atoms with van der Waals surface area (Å²) in [6.07, 6.45) is 9.38. The van der Waals surface area contributed by atoms with E-state index in [1.54, 1.807) is 0 Å². The topological polar surface area (TPSA) is 35.5 Å². The SMILES string of the molecule is OC1CCN(Cc2ccccc2CNC[C@@H]2C[C@H]3C=C[C@H]2C3)CC1. The van der Waals surface area contributed by atoms with E-state index in [9.17, 15) is 5.11 Å². The van der Waals surface area contributed by atoms with Gasteiger partial charge in [0.05, 0.1) is 6.10 Å². The van der Waals surface area contributed by atoms with Crippen molar-refractivity contribution >= 4 is 0 Å². The molecule has 2 bridgehead atoms. The van der Waals surface area contributed by atoms with Crippen molar-refractivity contribution in [2.45, 2.75) is 44.9 Å². The molecule has 1 saturated carbocycles. The lowest BCUT2D eigenvalue weighted by molar-refractivity contribution is 0.0791. The molecule has 0 spiro atoms. The molecule has 0 aromatic heterocycles. The molecule has 1 aliphatic heterocycles. The number of benzene rings is 1. The van der Waals surface area contributed by atoms with Gasteiger partial charge in [-0.05, 0) is 61.1 Å². The number of rotatable bonds is 6. The second-order valence-electron chi connectivity index (χ2n) is 7.95. The van der Waals surface area contributed by atoms with E-state index in [-0.39, 0.29) is 6.10 Å². The number of nitrogens with zero attached hydrogens (tertiary/aromatic N) is 1. The Morgan fingerprint density at radius 3 is 2.54 bits per heavy atom. The van der Waals surface area contributed by atoms with Gasteiger partial charge in [-0.3, -0.25) is 4.90 Å². The molecule has 3 heteroatoms. The Morgan fingerprint density at radius 1 is 1.04 bits per heavy atom. The molecule has 0 radical (unpaired) electrons. The van der Waals surface area contributed by atoms with Crippen LogP contribution in [0.5, 0.6) is 0 Å². The summed E-state index contributed by atoms with van der Waals surface area (Å²) in [5, 5.41) is 13.4. The van der Waals surface area contributed by atoms with Crippen molar-refractivity contribution in [2.75, 3.05) is 19.6 Å². The Balaban J connectivity index is 1.29. The first-order valence-corrected chi connectivity index (χ1v) is 9.64. The fourth-order valence-corrected chi connectivity index (χ4v) is 4.72. The Morgan fingerprint density at radius 2 is 1.83 bits per heavy atom. The van der Waals surface area contributed by atoms with Gasteiger partial charge in [-0.25, -0.2) is 0 Å². The molecular formula is C21H30N2O. The molecule has 4 rings (SSSR count). The summed E-state index contributed by atoms with van der Waals surface area (Å²) in [5.41, 5.74) is 2.87. The number of nitrogens with one attached hydrogen (secondary N) is 1. The summed E-state index contributed by atoms with van der Waals surface area (Å²) < 4.78 is 0. The van der Waals surface area contributed by atoms with E-state index < -0.39 is 0 Å². The van der Waals surface area contributed by atoms with E-state index in [4.69, 9.17) is 0 Å². The standard InChI is InChI=1S/C21H30N2O/c24-21-7-9-23(10-8-21)15-19-4-2-1-3-18(19)13-22-14-20-12-16-5-6-17(20)11-16/h1-6,16-17,20-22,24H,7-15H2/t16-,17-,20-/m0/s1. The highest BCUT2D eigenvalue weighted by molar-refractivity contribution is 5.27. The van der Waals surface area contributed by atoms with Crippen molar-refractivity contribution in [2.24, 2.45) is 17.8 Å². The number of aliphatic hydroxyl groups is 1. The number of fused-ring (bicyclic) bond motifs is 2. The molecule has 1 aromatic rings. The summed E-state index contributed by atoms with van der Waals surface area (Å²) >= 11 is 0. The normalized spacial score (nSPS) is 30.3. The van der Waals surface area contributed by atoms with Gasteiger partial charge < -0.3 is 10.4 Å². The van der Waals surface area contributed by atoms with Crippen molar-refractivity contribution in [1.82, 2.24) is 10.2 Å². The molecule has 0 amide bonds. The lowest BCUT2D eigenvalue weighted by Gasteiger charge is -2.30. The van der Waals surface area contributed by atoms with Crippen LogP contribution in [0.2, 0.25) is 0 Å². The van der Waals surface area contributed by atoms with Crippen molar-refractivity contribution in [3.63, 3.8) is 0 Å². The van der Waals surface area contributed by atoms with Gasteiger partial charge in [-0.2, -0.15) is 0 Å². The Labute approximate surface area is 145 Å². The summed E-state index contributed by atoms with van der Waals surface area (Å²) in [6.45, 7) is 5.17. The minimum atomic E-state index is -0.0889. The molecule has 0 unspecified atom stereocenters. The molecule has 24 heavy (non-hydrogen) atoms. The van der Waals surface area contributed by atoms with E-state index in [2.05, 4.69) is 46.6 Å². The van der Waals surface area contributed by atoms with E-state index in [1.807, 2.05) is 0 Å². The summed E-state index contributed by atoms with van der Waals surface area (Å²) in [4.78, 5) is 2.48. The number of hydrogen-bond donors (Lipinski definition) is 2. The van der Waals surface area contributed by atoms with E-state index in [0.29, 0.717) is 0 Å². The number of aliphatic hydroxyl groups excluding tert-OH is 1. The third-order valence-corrected chi connectivity index (χ3v) is 6.21. The van der Waals surface area contributed by atoms with Crippen LogP contribution in [-0.2, 0) is 13.1 Å². The molecule has 1 aromatic carbocycles. The number of hydrogen-bond acceptors (Lipinski definition) is 3. The van der Waals surface area contributed by atoms with E-state index in [0.717, 1.165) is 63.3 Å². The summed E-state index contributed by atoms with van der Waals surface area (Å²) in [7, 11) is 0. The van der Waals surface area contributed by atoms with E-state index in [1.165, 1.54) is 24.0 Å². The first-order valence-electron chi connectivity index (χ1n) is 9.64. The largest absolute Gasteiger partial charge is 0.393 e. The first-order chi connectivity index (χ1) is 11.8. The van der Waals surface area contributed by atoms with Crippen molar-refractivity contribution in [1.29, 1.82) is 0 Å². The quantitative estimate of drug-likeness (QED) is 0.789. The highest BCUT2D eigenvalue weighted by atomic mass is 16.3. The summed E-state index contributed by atoms with van der Waals surface area (Å²) in [6, 6.07) is 8.84. The van der Waals surface area contributed by atoms with Crippen LogP contribution in [0.25, 0.3) is 0 Å². The van der Waals surface area contributed by atoms with Gasteiger partial charge in [0.15, 0.2) is 0 Å². The van der Waals surface area contributed by atoms with Gasteiger partial charge >= 0.3 is 0 Å². The van der Waals surface area contributed by atoms with Crippen LogP contribution in [0.15, 0.2) is 36.4 Å². The average molecular weight is 326 g/mol. The maximum absolute atomic E-state index is 9.67. The van der Waals surface area contributed by atoms with Gasteiger partial charge in [0.2, 0.25) is 0 Å². The fourth-order valence-electron chi connectivity index (χ4n) is 4.72. The van der Waals surface area contributed by atoms with Crippen LogP contribution in [0.1, 0.15) is 36.8 Å². The zero-order valence-corrected chi connectivity index (χ0v) is 14.5. The molecule has 130 valence electrons. The zero-order valence-electron chi connectivity index (χ0n) is 14.5. The average Bonchev–Trinajstić information content (AvgIpc) is 3.21. The minimum Gasteiger partial charge on any atom is -0.393 e. The molecule has 2 N–H and O–H groups in total. The third-order valence-electron chi connectivity index (χ3n) is 6.21. The maximum Gasteiger partial charge on any atom is 0.0564 e. The van der Waals surface area contributed by atoms with Crippen LogP contribution >= 0.6 is 0 Å². The molecular weight excluding hydrogens is 296 g/mol. The smallest absolute Gasteiger partial charge is 0.0564 e. The maximum atomic E-state index is 9.67. The van der Waals surface area contributed by atoms with Gasteiger partial charge in [-0.1, -0.05) is 36.4 Å². The van der Waals surface area contributed by atoms with Crippen LogP contribution in [0.3, 0.4) is 0 Å². The highest BCUT2D eigenvalue weighted by Gasteiger charge is 2.34. The first kappa shape index (κ1) is 16.3. The predicted molar refractivity (Wildman–Crippen MR) is 97.5 cm³/mol. The fraction of sp³-hybridized carbons (Fsp3) is 0.619. The molecule has 2 fully saturated rings. The zero-order chi connectivity index (χ0) is 16.4. The Bertz CT molecular complexity index is 577. The number of piperidine rings is 1. The Kier molecular flexibility index (Phi) is 5.02. The second-order valence-corrected chi connectivity index (χ2v) is 7.95. The van der Waals surface area contributed by atoms with Gasteiger partial charge in [0, 0.05) is 26.2 Å². The highest BCUT2D eigenvalue weighted by Crippen LogP contribution is 2.42. The van der Waals surface area contributed by atoms with Crippen LogP contribution in [-0.4, -0.2) is 35.7 Å². The van der Waals surface area contributed by atoms with Crippen molar-refractivity contribution in [3.05, 3.63) is 47.5 Å². The van der Waals surface area contributed by atoms with Crippen molar-refractivity contribution < 1.29 is 5.11 Å². The molecule has 1 saturated heterocycles.